The third-order valence-corrected chi connectivity index (χ3v) is 5.22. The third kappa shape index (κ3) is 4.04. The summed E-state index contributed by atoms with van der Waals surface area (Å²) in [6, 6.07) is 9.98. The van der Waals surface area contributed by atoms with Crippen molar-refractivity contribution in [3.63, 3.8) is 0 Å². The van der Waals surface area contributed by atoms with Crippen molar-refractivity contribution >= 4 is 34.0 Å². The number of imidazole rings is 1. The van der Waals surface area contributed by atoms with Gasteiger partial charge < -0.3 is 29.2 Å². The minimum Gasteiger partial charge on any atom is -0.445 e. The molecule has 31 heavy (non-hydrogen) atoms. The van der Waals surface area contributed by atoms with Crippen molar-refractivity contribution in [3.8, 4) is 11.3 Å². The molecule has 4 aromatic rings. The second-order valence-electron chi connectivity index (χ2n) is 7.38. The number of nitrogens with one attached hydrogen (secondary N) is 2. The molecule has 0 unspecified atom stereocenters. The number of methoxy groups -OCH3 is 1. The van der Waals surface area contributed by atoms with Gasteiger partial charge in [0.2, 0.25) is 0 Å². The number of nitrogens with zero attached hydrogens (tertiary/aromatic N) is 4. The van der Waals surface area contributed by atoms with Crippen LogP contribution in [0.25, 0.3) is 33.3 Å². The van der Waals surface area contributed by atoms with Gasteiger partial charge in [-0.05, 0) is 23.3 Å². The molecule has 9 heteroatoms. The van der Waals surface area contributed by atoms with Gasteiger partial charge in [-0.1, -0.05) is 18.2 Å². The number of hydrogen-bond donors (Lipinski definition) is 2. The summed E-state index contributed by atoms with van der Waals surface area (Å²) in [4.78, 5) is 26.2. The predicted octanol–water partition coefficient (Wildman–Crippen LogP) is 3.37. The summed E-state index contributed by atoms with van der Waals surface area (Å²) in [6.45, 7) is 1.14. The number of aryl methyl sites for hydroxylation is 1. The van der Waals surface area contributed by atoms with Crippen molar-refractivity contribution in [2.24, 2.45) is 7.05 Å². The second-order valence-corrected chi connectivity index (χ2v) is 7.38. The number of benzene rings is 1. The second kappa shape index (κ2) is 8.65. The number of pyridine rings is 1. The van der Waals surface area contributed by atoms with Crippen LogP contribution in [0.15, 0.2) is 36.7 Å². The minimum atomic E-state index is -0.379. The number of hydrogen-bond acceptors (Lipinski definition) is 6. The maximum Gasteiger partial charge on any atom is 0.409 e. The number of ether oxygens (including phenoxy) is 2. The summed E-state index contributed by atoms with van der Waals surface area (Å²) < 4.78 is 12.4. The maximum absolute atomic E-state index is 12.1. The fourth-order valence-corrected chi connectivity index (χ4v) is 3.53. The van der Waals surface area contributed by atoms with Gasteiger partial charge in [-0.15, -0.1) is 0 Å². The number of carbonyl (C=O) groups excluding carboxylic acids is 1. The Morgan fingerprint density at radius 1 is 1.32 bits per heavy atom. The number of rotatable bonds is 7. The summed E-state index contributed by atoms with van der Waals surface area (Å²) in [6.07, 6.45) is 1.41. The molecular formula is C22H26N6O3. The van der Waals surface area contributed by atoms with Gasteiger partial charge in [0, 0.05) is 45.9 Å². The summed E-state index contributed by atoms with van der Waals surface area (Å²) >= 11 is 0. The van der Waals surface area contributed by atoms with E-state index in [2.05, 4.69) is 26.3 Å². The van der Waals surface area contributed by atoms with E-state index in [1.54, 1.807) is 20.5 Å². The average molecular weight is 422 g/mol. The fraction of sp³-hybridized carbons (Fsp3) is 0.318. The van der Waals surface area contributed by atoms with Crippen molar-refractivity contribution in [1.82, 2.24) is 24.4 Å². The number of likely N-dealkylation sites (N-methyl/N-ethyl adjacent to an activating group) is 1. The summed E-state index contributed by atoms with van der Waals surface area (Å²) in [5, 5.41) is 4.12. The fourth-order valence-electron chi connectivity index (χ4n) is 3.53. The van der Waals surface area contributed by atoms with Crippen molar-refractivity contribution < 1.29 is 14.3 Å². The maximum atomic E-state index is 12.1. The molecule has 4 rings (SSSR count). The Morgan fingerprint density at radius 2 is 2.16 bits per heavy atom. The molecule has 0 aliphatic carbocycles. The number of aromatic nitrogens is 4. The standard InChI is InChI=1S/C22H26N6O3/c1-23-21-18-19(28(3)13-24-18)16-11-17(25-20(16)26-21)15-7-5-6-14(10-15)12-31-22(29)27(2)8-9-30-4/h5-7,10-11,13H,8-9,12H2,1-4H3,(H2,23,25,26). The van der Waals surface area contributed by atoms with E-state index >= 15 is 0 Å². The van der Waals surface area contributed by atoms with Crippen LogP contribution in [0.1, 0.15) is 5.56 Å². The lowest BCUT2D eigenvalue weighted by Gasteiger charge is -2.16. The largest absolute Gasteiger partial charge is 0.445 e. The average Bonchev–Trinajstić information content (AvgIpc) is 3.38. The molecule has 162 valence electrons. The van der Waals surface area contributed by atoms with Gasteiger partial charge in [0.1, 0.15) is 17.8 Å². The van der Waals surface area contributed by atoms with Crippen LogP contribution in [0.5, 0.6) is 0 Å². The molecule has 0 atom stereocenters. The highest BCUT2D eigenvalue weighted by atomic mass is 16.6. The molecule has 0 saturated carbocycles. The topological polar surface area (TPSA) is 97.3 Å². The highest BCUT2D eigenvalue weighted by Gasteiger charge is 2.15. The number of aromatic amines is 1. The summed E-state index contributed by atoms with van der Waals surface area (Å²) in [5.74, 6) is 0.731. The molecule has 0 aliphatic rings. The van der Waals surface area contributed by atoms with E-state index in [4.69, 9.17) is 9.47 Å². The van der Waals surface area contributed by atoms with E-state index in [1.807, 2.05) is 42.9 Å². The lowest BCUT2D eigenvalue weighted by molar-refractivity contribution is 0.0919. The van der Waals surface area contributed by atoms with Crippen LogP contribution in [-0.4, -0.2) is 64.9 Å². The SMILES string of the molecule is CNc1nc2[nH]c(-c3cccc(COC(=O)N(C)CCOC)c3)cc2c2c1ncn2C. The van der Waals surface area contributed by atoms with E-state index in [9.17, 15) is 4.79 Å². The lowest BCUT2D eigenvalue weighted by atomic mass is 10.1. The summed E-state index contributed by atoms with van der Waals surface area (Å²) in [7, 11) is 7.10. The van der Waals surface area contributed by atoms with Gasteiger partial charge in [-0.25, -0.2) is 14.8 Å². The van der Waals surface area contributed by atoms with E-state index in [-0.39, 0.29) is 12.7 Å². The van der Waals surface area contributed by atoms with Crippen molar-refractivity contribution in [1.29, 1.82) is 0 Å². The molecule has 3 heterocycles. The zero-order valence-electron chi connectivity index (χ0n) is 18.1. The molecule has 0 spiro atoms. The van der Waals surface area contributed by atoms with Gasteiger partial charge in [-0.2, -0.15) is 0 Å². The Labute approximate surface area is 180 Å². The lowest BCUT2D eigenvalue weighted by Crippen LogP contribution is -2.30. The van der Waals surface area contributed by atoms with Gasteiger partial charge in [0.25, 0.3) is 0 Å². The monoisotopic (exact) mass is 422 g/mol. The van der Waals surface area contributed by atoms with Gasteiger partial charge in [-0.3, -0.25) is 0 Å². The Kier molecular flexibility index (Phi) is 5.77. The molecule has 1 aromatic carbocycles. The highest BCUT2D eigenvalue weighted by Crippen LogP contribution is 2.31. The highest BCUT2D eigenvalue weighted by molar-refractivity contribution is 6.07. The predicted molar refractivity (Wildman–Crippen MR) is 120 cm³/mol. The van der Waals surface area contributed by atoms with Crippen LogP contribution in [0, 0.1) is 0 Å². The smallest absolute Gasteiger partial charge is 0.409 e. The molecule has 0 fully saturated rings. The Balaban J connectivity index is 1.60. The van der Waals surface area contributed by atoms with Crippen molar-refractivity contribution in [2.75, 3.05) is 39.7 Å². The first kappa shape index (κ1) is 20.7. The quantitative estimate of drug-likeness (QED) is 0.474. The van der Waals surface area contributed by atoms with Crippen LogP contribution in [0.2, 0.25) is 0 Å². The number of H-pyrrole nitrogens is 1. The number of carbonyl (C=O) groups is 1. The van der Waals surface area contributed by atoms with Crippen LogP contribution in [0.3, 0.4) is 0 Å². The first-order chi connectivity index (χ1) is 15.0. The number of amides is 1. The first-order valence-electron chi connectivity index (χ1n) is 9.99. The molecule has 0 aliphatic heterocycles. The Morgan fingerprint density at radius 3 is 2.94 bits per heavy atom. The Bertz CT molecular complexity index is 1230. The molecule has 9 nitrogen and oxygen atoms in total. The summed E-state index contributed by atoms with van der Waals surface area (Å²) in [5.41, 5.74) is 5.46. The molecule has 0 bridgehead atoms. The van der Waals surface area contributed by atoms with Crippen LogP contribution in [-0.2, 0) is 23.1 Å². The van der Waals surface area contributed by atoms with E-state index in [0.29, 0.717) is 13.2 Å². The molecular weight excluding hydrogens is 396 g/mol. The van der Waals surface area contributed by atoms with Crippen LogP contribution >= 0.6 is 0 Å². The van der Waals surface area contributed by atoms with Gasteiger partial charge in [0.05, 0.1) is 18.5 Å². The number of fused-ring (bicyclic) bond motifs is 3. The molecule has 2 N–H and O–H groups in total. The van der Waals surface area contributed by atoms with Crippen LogP contribution < -0.4 is 5.32 Å². The molecule has 0 saturated heterocycles. The Hall–Kier alpha value is -3.59. The normalized spacial score (nSPS) is 11.2. The van der Waals surface area contributed by atoms with E-state index in [0.717, 1.165) is 44.7 Å². The van der Waals surface area contributed by atoms with E-state index < -0.39 is 0 Å². The van der Waals surface area contributed by atoms with Gasteiger partial charge in [0.15, 0.2) is 5.82 Å². The minimum absolute atomic E-state index is 0.193. The molecule has 1 amide bonds. The van der Waals surface area contributed by atoms with E-state index in [1.165, 1.54) is 4.90 Å². The first-order valence-corrected chi connectivity index (χ1v) is 9.99. The number of anilines is 1. The van der Waals surface area contributed by atoms with Crippen LogP contribution in [0.4, 0.5) is 10.6 Å². The van der Waals surface area contributed by atoms with Crippen molar-refractivity contribution in [2.45, 2.75) is 6.61 Å². The van der Waals surface area contributed by atoms with Crippen molar-refractivity contribution in [3.05, 3.63) is 42.2 Å². The molecule has 3 aromatic heterocycles. The third-order valence-electron chi connectivity index (χ3n) is 5.22. The molecule has 0 radical (unpaired) electrons. The zero-order chi connectivity index (χ0) is 22.0. The van der Waals surface area contributed by atoms with Gasteiger partial charge >= 0.3 is 6.09 Å². The zero-order valence-corrected chi connectivity index (χ0v) is 18.1.